The van der Waals surface area contributed by atoms with Crippen molar-refractivity contribution >= 4 is 22.0 Å². The maximum Gasteiger partial charge on any atom is 0.316 e. The lowest BCUT2D eigenvalue weighted by molar-refractivity contribution is 0.217. The lowest BCUT2D eigenvalue weighted by Crippen LogP contribution is -2.38. The summed E-state index contributed by atoms with van der Waals surface area (Å²) in [6.45, 7) is 4.13. The Kier molecular flexibility index (Phi) is 6.30. The van der Waals surface area contributed by atoms with Crippen molar-refractivity contribution < 1.29 is 4.79 Å². The number of carbonyl (C=O) groups is 1. The smallest absolute Gasteiger partial charge is 0.316 e. The van der Waals surface area contributed by atoms with Gasteiger partial charge in [-0.25, -0.2) is 4.79 Å². The summed E-state index contributed by atoms with van der Waals surface area (Å²) in [6.07, 6.45) is 0.910. The molecular weight excluding hydrogens is 310 g/mol. The van der Waals surface area contributed by atoms with Crippen molar-refractivity contribution in [2.24, 2.45) is 7.05 Å². The normalized spacial score (nSPS) is 10.6. The van der Waals surface area contributed by atoms with Crippen LogP contribution in [0.2, 0.25) is 0 Å². The van der Waals surface area contributed by atoms with E-state index in [2.05, 4.69) is 38.6 Å². The van der Waals surface area contributed by atoms with Gasteiger partial charge in [-0.2, -0.15) is 5.10 Å². The molecule has 0 radical (unpaired) electrons. The van der Waals surface area contributed by atoms with Crippen molar-refractivity contribution in [1.82, 2.24) is 25.3 Å². The quantitative estimate of drug-likeness (QED) is 0.767. The highest BCUT2D eigenvalue weighted by Crippen LogP contribution is 2.21. The first-order valence-corrected chi connectivity index (χ1v) is 7.12. The Labute approximate surface area is 122 Å². The van der Waals surface area contributed by atoms with E-state index in [1.54, 1.807) is 14.1 Å². The molecule has 0 atom stereocenters. The van der Waals surface area contributed by atoms with Crippen LogP contribution < -0.4 is 10.6 Å². The topological polar surface area (TPSA) is 62.2 Å². The Bertz CT molecular complexity index is 430. The van der Waals surface area contributed by atoms with E-state index in [1.807, 2.05) is 11.7 Å². The van der Waals surface area contributed by atoms with Gasteiger partial charge in [-0.1, -0.05) is 6.92 Å². The number of carbonyl (C=O) groups excluding carboxylic acids is 1. The highest BCUT2D eigenvalue weighted by molar-refractivity contribution is 9.10. The fourth-order valence-electron chi connectivity index (χ4n) is 1.63. The van der Waals surface area contributed by atoms with Crippen LogP contribution in [0.4, 0.5) is 4.79 Å². The lowest BCUT2D eigenvalue weighted by Gasteiger charge is -2.12. The van der Waals surface area contributed by atoms with Crippen molar-refractivity contribution in [3.05, 3.63) is 15.9 Å². The van der Waals surface area contributed by atoms with E-state index in [0.717, 1.165) is 35.4 Å². The van der Waals surface area contributed by atoms with Gasteiger partial charge >= 0.3 is 6.03 Å². The second-order valence-corrected chi connectivity index (χ2v) is 5.28. The Hall–Kier alpha value is -1.08. The number of nitrogens with zero attached hydrogens (tertiary/aromatic N) is 3. The highest BCUT2D eigenvalue weighted by Gasteiger charge is 2.11. The van der Waals surface area contributed by atoms with Gasteiger partial charge in [0.2, 0.25) is 0 Å². The molecule has 19 heavy (non-hydrogen) atoms. The summed E-state index contributed by atoms with van der Waals surface area (Å²) in [6, 6.07) is -0.0724. The van der Waals surface area contributed by atoms with Gasteiger partial charge in [-0.3, -0.25) is 4.68 Å². The van der Waals surface area contributed by atoms with E-state index in [4.69, 9.17) is 0 Å². The first-order chi connectivity index (χ1) is 8.97. The van der Waals surface area contributed by atoms with Crippen LogP contribution in [0.3, 0.4) is 0 Å². The maximum atomic E-state index is 11.3. The van der Waals surface area contributed by atoms with Gasteiger partial charge in [0, 0.05) is 40.8 Å². The van der Waals surface area contributed by atoms with Gasteiger partial charge in [0.25, 0.3) is 0 Å². The third kappa shape index (κ3) is 4.50. The van der Waals surface area contributed by atoms with Crippen molar-refractivity contribution in [2.75, 3.05) is 27.2 Å². The first-order valence-electron chi connectivity index (χ1n) is 6.33. The summed E-state index contributed by atoms with van der Waals surface area (Å²) in [4.78, 5) is 12.8. The second-order valence-electron chi connectivity index (χ2n) is 4.49. The third-order valence-corrected chi connectivity index (χ3v) is 3.69. The molecule has 0 unspecified atom stereocenters. The van der Waals surface area contributed by atoms with Gasteiger partial charge in [-0.05, 0) is 22.4 Å². The number of hydrogen-bond acceptors (Lipinski definition) is 3. The Morgan fingerprint density at radius 3 is 2.63 bits per heavy atom. The minimum atomic E-state index is -0.0724. The minimum absolute atomic E-state index is 0.0724. The maximum absolute atomic E-state index is 11.3. The summed E-state index contributed by atoms with van der Waals surface area (Å²) in [5.74, 6) is 0. The number of amides is 2. The average molecular weight is 332 g/mol. The summed E-state index contributed by atoms with van der Waals surface area (Å²) in [5, 5.41) is 10.5. The van der Waals surface area contributed by atoms with Crippen LogP contribution in [0, 0.1) is 0 Å². The molecule has 2 N–H and O–H groups in total. The van der Waals surface area contributed by atoms with E-state index in [0.29, 0.717) is 6.54 Å². The van der Waals surface area contributed by atoms with Crippen LogP contribution in [0.25, 0.3) is 0 Å². The zero-order valence-electron chi connectivity index (χ0n) is 12.0. The molecule has 0 aromatic carbocycles. The molecule has 1 aromatic heterocycles. The SMILES string of the molecule is CCc1nn(C)c(CNCCNC(=O)N(C)C)c1Br. The Balaban J connectivity index is 2.34. The van der Waals surface area contributed by atoms with Crippen LogP contribution in [0.1, 0.15) is 18.3 Å². The molecular formula is C12H22BrN5O. The van der Waals surface area contributed by atoms with E-state index in [9.17, 15) is 4.79 Å². The number of rotatable bonds is 6. The summed E-state index contributed by atoms with van der Waals surface area (Å²) < 4.78 is 2.95. The Morgan fingerprint density at radius 2 is 2.11 bits per heavy atom. The highest BCUT2D eigenvalue weighted by atomic mass is 79.9. The van der Waals surface area contributed by atoms with E-state index < -0.39 is 0 Å². The molecule has 0 bridgehead atoms. The molecule has 1 rings (SSSR count). The van der Waals surface area contributed by atoms with E-state index >= 15 is 0 Å². The zero-order valence-corrected chi connectivity index (χ0v) is 13.5. The fraction of sp³-hybridized carbons (Fsp3) is 0.667. The number of urea groups is 1. The lowest BCUT2D eigenvalue weighted by atomic mass is 10.3. The molecule has 1 heterocycles. The minimum Gasteiger partial charge on any atom is -0.337 e. The zero-order chi connectivity index (χ0) is 14.4. The Morgan fingerprint density at radius 1 is 1.42 bits per heavy atom. The molecule has 2 amide bonds. The van der Waals surface area contributed by atoms with E-state index in [-0.39, 0.29) is 6.03 Å². The average Bonchev–Trinajstić information content (AvgIpc) is 2.64. The molecule has 0 aliphatic heterocycles. The number of aryl methyl sites for hydroxylation is 2. The molecule has 0 aliphatic carbocycles. The van der Waals surface area contributed by atoms with Crippen LogP contribution in [-0.4, -0.2) is 47.9 Å². The van der Waals surface area contributed by atoms with Crippen LogP contribution >= 0.6 is 15.9 Å². The van der Waals surface area contributed by atoms with Gasteiger partial charge in [0.05, 0.1) is 15.9 Å². The largest absolute Gasteiger partial charge is 0.337 e. The molecule has 6 nitrogen and oxygen atoms in total. The van der Waals surface area contributed by atoms with Gasteiger partial charge in [0.1, 0.15) is 0 Å². The molecule has 7 heteroatoms. The first kappa shape index (κ1) is 16.0. The van der Waals surface area contributed by atoms with Crippen molar-refractivity contribution in [1.29, 1.82) is 0 Å². The molecule has 0 aliphatic rings. The van der Waals surface area contributed by atoms with Gasteiger partial charge in [-0.15, -0.1) is 0 Å². The predicted octanol–water partition coefficient (Wildman–Crippen LogP) is 1.11. The van der Waals surface area contributed by atoms with Crippen molar-refractivity contribution in [3.8, 4) is 0 Å². The standard InChI is InChI=1S/C12H22BrN5O/c1-5-9-11(13)10(18(4)16-9)8-14-6-7-15-12(19)17(2)3/h14H,5-8H2,1-4H3,(H,15,19). The molecule has 108 valence electrons. The number of nitrogens with one attached hydrogen (secondary N) is 2. The molecule has 0 fully saturated rings. The summed E-state index contributed by atoms with van der Waals surface area (Å²) in [7, 11) is 5.39. The van der Waals surface area contributed by atoms with Crippen molar-refractivity contribution in [3.63, 3.8) is 0 Å². The third-order valence-electron chi connectivity index (χ3n) is 2.78. The van der Waals surface area contributed by atoms with E-state index in [1.165, 1.54) is 4.90 Å². The molecule has 0 spiro atoms. The molecule has 1 aromatic rings. The number of aromatic nitrogens is 2. The van der Waals surface area contributed by atoms with Gasteiger partial charge in [0.15, 0.2) is 0 Å². The molecule has 0 saturated carbocycles. The van der Waals surface area contributed by atoms with Crippen molar-refractivity contribution in [2.45, 2.75) is 19.9 Å². The summed E-state index contributed by atoms with van der Waals surface area (Å²) in [5.41, 5.74) is 2.19. The number of hydrogen-bond donors (Lipinski definition) is 2. The fourth-order valence-corrected chi connectivity index (χ4v) is 2.39. The van der Waals surface area contributed by atoms with Crippen LogP contribution in [0.5, 0.6) is 0 Å². The van der Waals surface area contributed by atoms with Crippen LogP contribution in [0.15, 0.2) is 4.47 Å². The van der Waals surface area contributed by atoms with Crippen LogP contribution in [-0.2, 0) is 20.0 Å². The monoisotopic (exact) mass is 331 g/mol. The number of halogens is 1. The summed E-state index contributed by atoms with van der Waals surface area (Å²) >= 11 is 3.57. The predicted molar refractivity (Wildman–Crippen MR) is 79.1 cm³/mol. The van der Waals surface area contributed by atoms with Gasteiger partial charge < -0.3 is 15.5 Å². The molecule has 0 saturated heterocycles. The second kappa shape index (κ2) is 7.49.